The lowest BCUT2D eigenvalue weighted by Crippen LogP contribution is -2.52. The summed E-state index contributed by atoms with van der Waals surface area (Å²) in [6.45, 7) is 0.403. The molecule has 158 valence electrons. The first-order valence-electron chi connectivity index (χ1n) is 9.19. The first kappa shape index (κ1) is 24.7. The minimum atomic E-state index is -0.802. The fourth-order valence-electron chi connectivity index (χ4n) is 3.20. The first-order valence-corrected chi connectivity index (χ1v) is 9.19. The van der Waals surface area contributed by atoms with Crippen molar-refractivity contribution in [2.75, 3.05) is 10.6 Å². The number of carbonyl (C=O) groups is 2. The summed E-state index contributed by atoms with van der Waals surface area (Å²) in [7, 11) is 0. The van der Waals surface area contributed by atoms with E-state index in [2.05, 4.69) is 20.9 Å². The molecule has 0 bridgehead atoms. The number of hydrogen-bond acceptors (Lipinski definition) is 4. The molecule has 9 heteroatoms. The van der Waals surface area contributed by atoms with Gasteiger partial charge < -0.3 is 21.7 Å². The number of nitrogens with zero attached hydrogens (tertiary/aromatic N) is 1. The lowest BCUT2D eigenvalue weighted by Gasteiger charge is -2.31. The van der Waals surface area contributed by atoms with Crippen LogP contribution in [-0.2, 0) is 11.3 Å². The minimum Gasteiger partial charge on any atom is -0.334 e. The highest BCUT2D eigenvalue weighted by Crippen LogP contribution is 2.27. The molecule has 1 aliphatic carbocycles. The van der Waals surface area contributed by atoms with E-state index < -0.39 is 5.54 Å². The molecule has 2 aromatic rings. The van der Waals surface area contributed by atoms with Crippen LogP contribution in [0.5, 0.6) is 0 Å². The van der Waals surface area contributed by atoms with E-state index in [0.29, 0.717) is 30.8 Å². The van der Waals surface area contributed by atoms with E-state index in [-0.39, 0.29) is 36.8 Å². The van der Waals surface area contributed by atoms with Gasteiger partial charge in [-0.05, 0) is 48.7 Å². The molecule has 5 N–H and O–H groups in total. The summed E-state index contributed by atoms with van der Waals surface area (Å²) in [5, 5.41) is 8.43. The predicted octanol–water partition coefficient (Wildman–Crippen LogP) is 3.85. The van der Waals surface area contributed by atoms with Gasteiger partial charge in [-0.2, -0.15) is 0 Å². The van der Waals surface area contributed by atoms with Crippen molar-refractivity contribution in [1.29, 1.82) is 0 Å². The molecule has 0 spiro atoms. The molecule has 0 radical (unpaired) electrons. The largest absolute Gasteiger partial charge is 0.334 e. The number of rotatable bonds is 5. The van der Waals surface area contributed by atoms with Crippen molar-refractivity contribution in [1.82, 2.24) is 10.3 Å². The van der Waals surface area contributed by atoms with Crippen LogP contribution in [0.4, 0.5) is 16.2 Å². The monoisotopic (exact) mass is 439 g/mol. The summed E-state index contributed by atoms with van der Waals surface area (Å²) in [6.07, 6.45) is 7.84. The molecule has 0 aliphatic heterocycles. The van der Waals surface area contributed by atoms with Crippen molar-refractivity contribution in [3.05, 3.63) is 54.4 Å². The van der Waals surface area contributed by atoms with Gasteiger partial charge >= 0.3 is 6.03 Å². The van der Waals surface area contributed by atoms with Crippen molar-refractivity contribution >= 4 is 48.1 Å². The van der Waals surface area contributed by atoms with Gasteiger partial charge in [0.1, 0.15) is 0 Å². The van der Waals surface area contributed by atoms with Crippen molar-refractivity contribution < 1.29 is 9.59 Å². The molecule has 1 aliphatic rings. The zero-order chi connectivity index (χ0) is 19.1. The molecule has 0 saturated heterocycles. The molecule has 0 atom stereocenters. The first-order chi connectivity index (χ1) is 13.0. The number of anilines is 2. The Morgan fingerprint density at radius 1 is 0.966 bits per heavy atom. The van der Waals surface area contributed by atoms with Crippen LogP contribution < -0.4 is 21.7 Å². The third kappa shape index (κ3) is 7.20. The second kappa shape index (κ2) is 11.6. The molecule has 1 aromatic heterocycles. The Bertz CT molecular complexity index is 798. The van der Waals surface area contributed by atoms with E-state index in [1.165, 1.54) is 0 Å². The average Bonchev–Trinajstić information content (AvgIpc) is 2.68. The predicted molar refractivity (Wildman–Crippen MR) is 120 cm³/mol. The Balaban J connectivity index is 0.00000210. The number of benzene rings is 1. The van der Waals surface area contributed by atoms with Crippen LogP contribution in [0, 0.1) is 0 Å². The lowest BCUT2D eigenvalue weighted by atomic mass is 9.82. The molecule has 7 nitrogen and oxygen atoms in total. The number of aromatic nitrogens is 1. The Hall–Kier alpha value is -2.35. The molecule has 0 unspecified atom stereocenters. The highest BCUT2D eigenvalue weighted by atomic mass is 35.5. The molecular weight excluding hydrogens is 413 g/mol. The second-order valence-electron chi connectivity index (χ2n) is 6.91. The fourth-order valence-corrected chi connectivity index (χ4v) is 3.20. The Kier molecular flexibility index (Phi) is 9.88. The lowest BCUT2D eigenvalue weighted by molar-refractivity contribution is -0.122. The second-order valence-corrected chi connectivity index (χ2v) is 6.91. The van der Waals surface area contributed by atoms with Gasteiger partial charge in [-0.3, -0.25) is 9.78 Å². The van der Waals surface area contributed by atoms with Gasteiger partial charge in [-0.25, -0.2) is 4.79 Å². The smallest absolute Gasteiger partial charge is 0.319 e. The van der Waals surface area contributed by atoms with E-state index in [1.807, 2.05) is 12.1 Å². The summed E-state index contributed by atoms with van der Waals surface area (Å²) >= 11 is 0. The van der Waals surface area contributed by atoms with Crippen LogP contribution >= 0.6 is 24.8 Å². The third-order valence-corrected chi connectivity index (χ3v) is 4.78. The molecule has 29 heavy (non-hydrogen) atoms. The number of urea groups is 1. The highest BCUT2D eigenvalue weighted by Gasteiger charge is 2.35. The summed E-state index contributed by atoms with van der Waals surface area (Å²) in [6, 6.07) is 10.4. The standard InChI is InChI=1S/C20H25N5O2.2ClH/c21-20(9-2-1-3-10-20)18(26)24-16-5-4-6-17(13-16)25-19(27)23-14-15-7-11-22-12-8-15;;/h4-8,11-13H,1-3,9-10,14,21H2,(H,24,26)(H2,23,25,27);2*1H. The van der Waals surface area contributed by atoms with Crippen molar-refractivity contribution in [3.8, 4) is 0 Å². The van der Waals surface area contributed by atoms with Gasteiger partial charge in [0.25, 0.3) is 0 Å². The van der Waals surface area contributed by atoms with E-state index in [1.54, 1.807) is 36.7 Å². The van der Waals surface area contributed by atoms with Crippen LogP contribution in [0.25, 0.3) is 0 Å². The van der Waals surface area contributed by atoms with E-state index >= 15 is 0 Å². The number of carbonyl (C=O) groups excluding carboxylic acids is 2. The Morgan fingerprint density at radius 3 is 2.24 bits per heavy atom. The van der Waals surface area contributed by atoms with Gasteiger partial charge in [0.15, 0.2) is 0 Å². The van der Waals surface area contributed by atoms with E-state index in [9.17, 15) is 9.59 Å². The van der Waals surface area contributed by atoms with Crippen LogP contribution in [0.1, 0.15) is 37.7 Å². The van der Waals surface area contributed by atoms with Gasteiger partial charge in [0, 0.05) is 30.3 Å². The molecular formula is C20H27Cl2N5O2. The summed E-state index contributed by atoms with van der Waals surface area (Å²) in [5.74, 6) is -0.165. The van der Waals surface area contributed by atoms with Gasteiger partial charge in [0.2, 0.25) is 5.91 Å². The molecule has 3 rings (SSSR count). The van der Waals surface area contributed by atoms with Crippen LogP contribution in [0.2, 0.25) is 0 Å². The van der Waals surface area contributed by atoms with Gasteiger partial charge in [-0.15, -0.1) is 24.8 Å². The summed E-state index contributed by atoms with van der Waals surface area (Å²) < 4.78 is 0. The van der Waals surface area contributed by atoms with Crippen molar-refractivity contribution in [3.63, 3.8) is 0 Å². The van der Waals surface area contributed by atoms with Crippen LogP contribution in [-0.4, -0.2) is 22.5 Å². The quantitative estimate of drug-likeness (QED) is 0.566. The third-order valence-electron chi connectivity index (χ3n) is 4.78. The van der Waals surface area contributed by atoms with Gasteiger partial charge in [-0.1, -0.05) is 25.3 Å². The molecule has 1 heterocycles. The van der Waals surface area contributed by atoms with Crippen molar-refractivity contribution in [2.24, 2.45) is 5.73 Å². The number of hydrogen-bond donors (Lipinski definition) is 4. The zero-order valence-electron chi connectivity index (χ0n) is 16.0. The molecule has 1 saturated carbocycles. The summed E-state index contributed by atoms with van der Waals surface area (Å²) in [5.41, 5.74) is 7.63. The zero-order valence-corrected chi connectivity index (χ0v) is 17.7. The maximum absolute atomic E-state index is 12.5. The number of amides is 3. The van der Waals surface area contributed by atoms with Crippen LogP contribution in [0.15, 0.2) is 48.8 Å². The number of halogens is 2. The fraction of sp³-hybridized carbons (Fsp3) is 0.350. The minimum absolute atomic E-state index is 0. The summed E-state index contributed by atoms with van der Waals surface area (Å²) in [4.78, 5) is 28.6. The van der Waals surface area contributed by atoms with E-state index in [4.69, 9.17) is 5.73 Å². The normalized spacial score (nSPS) is 14.5. The topological polar surface area (TPSA) is 109 Å². The maximum Gasteiger partial charge on any atom is 0.319 e. The number of pyridine rings is 1. The number of nitrogens with one attached hydrogen (secondary N) is 3. The maximum atomic E-state index is 12.5. The SMILES string of the molecule is Cl.Cl.NC1(C(=O)Nc2cccc(NC(=O)NCc3ccncc3)c2)CCCCC1. The molecule has 3 amide bonds. The van der Waals surface area contributed by atoms with Crippen molar-refractivity contribution in [2.45, 2.75) is 44.2 Å². The van der Waals surface area contributed by atoms with Crippen LogP contribution in [0.3, 0.4) is 0 Å². The molecule has 1 fully saturated rings. The van der Waals surface area contributed by atoms with E-state index in [0.717, 1.165) is 24.8 Å². The average molecular weight is 440 g/mol. The Labute approximate surface area is 183 Å². The number of nitrogens with two attached hydrogens (primary N) is 1. The highest BCUT2D eigenvalue weighted by molar-refractivity contribution is 5.99. The molecule has 1 aromatic carbocycles. The van der Waals surface area contributed by atoms with Gasteiger partial charge in [0.05, 0.1) is 5.54 Å². The Morgan fingerprint density at radius 2 is 1.59 bits per heavy atom.